The molecular formula is C9H13OP. The van der Waals surface area contributed by atoms with E-state index in [4.69, 9.17) is 0 Å². The van der Waals surface area contributed by atoms with Gasteiger partial charge in [0, 0.05) is 5.30 Å². The second-order valence-corrected chi connectivity index (χ2v) is 4.22. The average Bonchev–Trinajstić information content (AvgIpc) is 2.07. The number of benzene rings is 1. The van der Waals surface area contributed by atoms with Crippen molar-refractivity contribution in [1.82, 2.24) is 0 Å². The van der Waals surface area contributed by atoms with Crippen molar-refractivity contribution in [3.8, 4) is 0 Å². The minimum atomic E-state index is -0.876. The maximum atomic E-state index is 9.59. The zero-order chi connectivity index (χ0) is 8.10. The molecule has 0 amide bonds. The van der Waals surface area contributed by atoms with E-state index < -0.39 is 8.15 Å². The topological polar surface area (TPSA) is 20.2 Å². The Labute approximate surface area is 68.9 Å². The Morgan fingerprint density at radius 1 is 1.27 bits per heavy atom. The molecule has 1 N–H and O–H groups in total. The first-order chi connectivity index (χ1) is 5.34. The summed E-state index contributed by atoms with van der Waals surface area (Å²) in [6, 6.07) is 9.88. The largest absolute Gasteiger partial charge is 0.369 e. The summed E-state index contributed by atoms with van der Waals surface area (Å²) in [6.07, 6.45) is 1.97. The highest BCUT2D eigenvalue weighted by Gasteiger charge is 2.03. The van der Waals surface area contributed by atoms with Gasteiger partial charge in [0.25, 0.3) is 0 Å². The summed E-state index contributed by atoms with van der Waals surface area (Å²) in [4.78, 5) is 9.59. The first kappa shape index (κ1) is 8.70. The molecule has 0 radical (unpaired) electrons. The van der Waals surface area contributed by atoms with E-state index in [1.54, 1.807) is 0 Å². The lowest BCUT2D eigenvalue weighted by atomic mass is 10.4. The van der Waals surface area contributed by atoms with Crippen LogP contribution in [0.25, 0.3) is 0 Å². The van der Waals surface area contributed by atoms with Gasteiger partial charge in [0.1, 0.15) is 0 Å². The second kappa shape index (κ2) is 4.48. The van der Waals surface area contributed by atoms with Crippen LogP contribution in [0.3, 0.4) is 0 Å². The molecule has 0 saturated heterocycles. The van der Waals surface area contributed by atoms with Gasteiger partial charge in [0.2, 0.25) is 0 Å². The van der Waals surface area contributed by atoms with Crippen molar-refractivity contribution in [1.29, 1.82) is 0 Å². The van der Waals surface area contributed by atoms with E-state index in [1.165, 1.54) is 0 Å². The van der Waals surface area contributed by atoms with Crippen LogP contribution in [0.1, 0.15) is 13.3 Å². The van der Waals surface area contributed by atoms with Gasteiger partial charge >= 0.3 is 0 Å². The fraction of sp³-hybridized carbons (Fsp3) is 0.333. The van der Waals surface area contributed by atoms with Crippen molar-refractivity contribution < 1.29 is 4.89 Å². The molecule has 0 saturated carbocycles. The third-order valence-corrected chi connectivity index (χ3v) is 3.25. The van der Waals surface area contributed by atoms with Crippen molar-refractivity contribution in [2.24, 2.45) is 0 Å². The SMILES string of the molecule is CCCP(O)c1ccccc1. The lowest BCUT2D eigenvalue weighted by Crippen LogP contribution is -2.00. The molecule has 0 aliphatic heterocycles. The highest BCUT2D eigenvalue weighted by molar-refractivity contribution is 7.59. The Kier molecular flexibility index (Phi) is 3.55. The molecule has 0 fully saturated rings. The van der Waals surface area contributed by atoms with Gasteiger partial charge in [-0.05, 0) is 12.6 Å². The molecule has 0 aromatic heterocycles. The van der Waals surface area contributed by atoms with Crippen molar-refractivity contribution in [2.45, 2.75) is 13.3 Å². The number of hydrogen-bond donors (Lipinski definition) is 1. The van der Waals surface area contributed by atoms with Gasteiger partial charge in [-0.15, -0.1) is 0 Å². The maximum absolute atomic E-state index is 9.59. The van der Waals surface area contributed by atoms with Gasteiger partial charge in [-0.3, -0.25) is 0 Å². The van der Waals surface area contributed by atoms with Crippen LogP contribution < -0.4 is 5.30 Å². The van der Waals surface area contributed by atoms with Crippen molar-refractivity contribution >= 4 is 13.5 Å². The van der Waals surface area contributed by atoms with Gasteiger partial charge in [0.05, 0.1) is 8.15 Å². The Morgan fingerprint density at radius 2 is 1.91 bits per heavy atom. The number of hydrogen-bond acceptors (Lipinski definition) is 1. The highest BCUT2D eigenvalue weighted by atomic mass is 31.1. The third kappa shape index (κ3) is 2.61. The second-order valence-electron chi connectivity index (χ2n) is 2.46. The van der Waals surface area contributed by atoms with Gasteiger partial charge in [-0.25, -0.2) is 0 Å². The molecule has 11 heavy (non-hydrogen) atoms. The Hall–Kier alpha value is -0.390. The molecule has 1 unspecified atom stereocenters. The van der Waals surface area contributed by atoms with E-state index in [2.05, 4.69) is 6.92 Å². The smallest absolute Gasteiger partial charge is 0.0563 e. The quantitative estimate of drug-likeness (QED) is 0.685. The van der Waals surface area contributed by atoms with Crippen LogP contribution in [-0.2, 0) is 0 Å². The average molecular weight is 168 g/mol. The van der Waals surface area contributed by atoms with Crippen LogP contribution >= 0.6 is 8.15 Å². The van der Waals surface area contributed by atoms with Crippen molar-refractivity contribution in [2.75, 3.05) is 6.16 Å². The lowest BCUT2D eigenvalue weighted by molar-refractivity contribution is 0.632. The lowest BCUT2D eigenvalue weighted by Gasteiger charge is -2.07. The molecule has 0 aliphatic rings. The van der Waals surface area contributed by atoms with Crippen LogP contribution in [0.4, 0.5) is 0 Å². The fourth-order valence-electron chi connectivity index (χ4n) is 0.941. The van der Waals surface area contributed by atoms with E-state index in [0.717, 1.165) is 17.9 Å². The van der Waals surface area contributed by atoms with E-state index in [-0.39, 0.29) is 0 Å². The molecule has 2 heteroatoms. The minimum absolute atomic E-state index is 0.876. The summed E-state index contributed by atoms with van der Waals surface area (Å²) in [5, 5.41) is 1.09. The first-order valence-electron chi connectivity index (χ1n) is 3.86. The van der Waals surface area contributed by atoms with Crippen molar-refractivity contribution in [3.63, 3.8) is 0 Å². The Morgan fingerprint density at radius 3 is 2.45 bits per heavy atom. The molecule has 1 nitrogen and oxygen atoms in total. The zero-order valence-corrected chi connectivity index (χ0v) is 7.59. The molecule has 0 bridgehead atoms. The molecule has 60 valence electrons. The molecule has 0 aliphatic carbocycles. The minimum Gasteiger partial charge on any atom is -0.369 e. The summed E-state index contributed by atoms with van der Waals surface area (Å²) in [6.45, 7) is 2.09. The summed E-state index contributed by atoms with van der Waals surface area (Å²) < 4.78 is 0. The maximum Gasteiger partial charge on any atom is 0.0563 e. The summed E-state index contributed by atoms with van der Waals surface area (Å²) in [5.41, 5.74) is 0. The summed E-state index contributed by atoms with van der Waals surface area (Å²) in [5.74, 6) is 0. The molecule has 0 spiro atoms. The Bertz CT molecular complexity index is 198. The summed E-state index contributed by atoms with van der Waals surface area (Å²) in [7, 11) is -0.876. The fourth-order valence-corrected chi connectivity index (χ4v) is 2.14. The van der Waals surface area contributed by atoms with Crippen LogP contribution in [0.2, 0.25) is 0 Å². The number of rotatable bonds is 3. The third-order valence-electron chi connectivity index (χ3n) is 1.49. The van der Waals surface area contributed by atoms with E-state index in [1.807, 2.05) is 30.3 Å². The molecule has 0 heterocycles. The van der Waals surface area contributed by atoms with Crippen LogP contribution in [0.15, 0.2) is 30.3 Å². The first-order valence-corrected chi connectivity index (χ1v) is 5.34. The van der Waals surface area contributed by atoms with E-state index in [9.17, 15) is 4.89 Å². The standard InChI is InChI=1S/C9H13OP/c1-2-8-11(10)9-6-4-3-5-7-9/h3-7,10H,2,8H2,1H3. The molecular weight excluding hydrogens is 155 g/mol. The predicted octanol–water partition coefficient (Wildman–Crippen LogP) is 2.11. The van der Waals surface area contributed by atoms with Gasteiger partial charge < -0.3 is 4.89 Å². The van der Waals surface area contributed by atoms with E-state index in [0.29, 0.717) is 0 Å². The normalized spacial score (nSPS) is 12.9. The monoisotopic (exact) mass is 168 g/mol. The van der Waals surface area contributed by atoms with Crippen molar-refractivity contribution in [3.05, 3.63) is 30.3 Å². The summed E-state index contributed by atoms with van der Waals surface area (Å²) >= 11 is 0. The van der Waals surface area contributed by atoms with Gasteiger partial charge in [-0.1, -0.05) is 37.3 Å². The highest BCUT2D eigenvalue weighted by Crippen LogP contribution is 2.28. The van der Waals surface area contributed by atoms with Crippen LogP contribution in [-0.4, -0.2) is 11.1 Å². The van der Waals surface area contributed by atoms with Gasteiger partial charge in [-0.2, -0.15) is 0 Å². The zero-order valence-electron chi connectivity index (χ0n) is 6.70. The molecule has 1 atom stereocenters. The van der Waals surface area contributed by atoms with E-state index >= 15 is 0 Å². The molecule has 1 aromatic carbocycles. The predicted molar refractivity (Wildman–Crippen MR) is 50.4 cm³/mol. The molecule has 1 aromatic rings. The molecule has 1 rings (SSSR count). The van der Waals surface area contributed by atoms with Crippen LogP contribution in [0.5, 0.6) is 0 Å². The van der Waals surface area contributed by atoms with Crippen LogP contribution in [0, 0.1) is 0 Å². The van der Waals surface area contributed by atoms with Gasteiger partial charge in [0.15, 0.2) is 0 Å². The Balaban J connectivity index is 2.61.